The fraction of sp³-hybridized carbons (Fsp3) is 0.500. The average molecular weight is 492 g/mol. The van der Waals surface area contributed by atoms with Gasteiger partial charge in [0.15, 0.2) is 14.6 Å². The van der Waals surface area contributed by atoms with Crippen molar-refractivity contribution in [2.24, 2.45) is 0 Å². The van der Waals surface area contributed by atoms with Crippen molar-refractivity contribution >= 4 is 15.8 Å². The summed E-state index contributed by atoms with van der Waals surface area (Å²) in [7, 11) is -2.90. The van der Waals surface area contributed by atoms with E-state index in [1.165, 1.54) is 19.2 Å². The second-order valence-corrected chi connectivity index (χ2v) is 10.5. The van der Waals surface area contributed by atoms with Crippen molar-refractivity contribution < 1.29 is 27.8 Å². The Morgan fingerprint density at radius 1 is 1.03 bits per heavy atom. The van der Waals surface area contributed by atoms with E-state index in [4.69, 9.17) is 9.47 Å². The molecule has 8 heteroatoms. The zero-order valence-corrected chi connectivity index (χ0v) is 21.4. The first-order valence-electron chi connectivity index (χ1n) is 11.8. The van der Waals surface area contributed by atoms with Crippen LogP contribution in [0.25, 0.3) is 0 Å². The van der Waals surface area contributed by atoms with E-state index in [-0.39, 0.29) is 23.5 Å². The van der Waals surface area contributed by atoms with Crippen molar-refractivity contribution in [2.75, 3.05) is 33.4 Å². The summed E-state index contributed by atoms with van der Waals surface area (Å²) in [5, 5.41) is 10.3. The third-order valence-corrected chi connectivity index (χ3v) is 8.65. The molecule has 2 aromatic rings. The normalized spacial score (nSPS) is 13.4. The number of carboxylic acid groups (broad SMARTS) is 1. The van der Waals surface area contributed by atoms with E-state index in [1.807, 2.05) is 6.92 Å². The molecule has 0 aromatic heterocycles. The van der Waals surface area contributed by atoms with Gasteiger partial charge in [-0.15, -0.1) is 0 Å². The number of ether oxygens (including phenoxy) is 2. The molecule has 0 aliphatic carbocycles. The summed E-state index contributed by atoms with van der Waals surface area (Å²) >= 11 is 0. The maximum absolute atomic E-state index is 13.8. The number of carbonyl (C=O) groups is 1. The molecule has 0 aliphatic heterocycles. The molecule has 34 heavy (non-hydrogen) atoms. The lowest BCUT2D eigenvalue weighted by atomic mass is 9.93. The summed E-state index contributed by atoms with van der Waals surface area (Å²) in [5.74, 6) is -0.550. The molecule has 0 heterocycles. The SMILES string of the molecule is CCCCC(Cc1ccc(OCCN(CC)CC)cc1)(C(=O)O)S(=O)(=O)c1ccccc1OC. The van der Waals surface area contributed by atoms with Crippen molar-refractivity contribution in [3.8, 4) is 11.5 Å². The first-order chi connectivity index (χ1) is 16.2. The van der Waals surface area contributed by atoms with Gasteiger partial charge in [0.05, 0.1) is 7.11 Å². The summed E-state index contributed by atoms with van der Waals surface area (Å²) in [6.45, 7) is 9.37. The van der Waals surface area contributed by atoms with Crippen LogP contribution in [0.2, 0.25) is 0 Å². The van der Waals surface area contributed by atoms with Gasteiger partial charge in [-0.05, 0) is 49.3 Å². The van der Waals surface area contributed by atoms with Crippen LogP contribution in [0.1, 0.15) is 45.6 Å². The third kappa shape index (κ3) is 6.30. The molecular weight excluding hydrogens is 454 g/mol. The molecule has 1 atom stereocenters. The van der Waals surface area contributed by atoms with Crippen LogP contribution < -0.4 is 9.47 Å². The Balaban J connectivity index is 2.36. The predicted molar refractivity (Wildman–Crippen MR) is 134 cm³/mol. The van der Waals surface area contributed by atoms with E-state index in [0.29, 0.717) is 30.8 Å². The molecule has 0 saturated carbocycles. The number of nitrogens with zero attached hydrogens (tertiary/aromatic N) is 1. The largest absolute Gasteiger partial charge is 0.495 e. The van der Waals surface area contributed by atoms with Gasteiger partial charge in [0.25, 0.3) is 0 Å². The van der Waals surface area contributed by atoms with Crippen LogP contribution >= 0.6 is 0 Å². The smallest absolute Gasteiger partial charge is 0.325 e. The minimum absolute atomic E-state index is 0.00133. The minimum atomic E-state index is -4.28. The number of rotatable bonds is 15. The van der Waals surface area contributed by atoms with Crippen molar-refractivity contribution in [2.45, 2.75) is 56.1 Å². The lowest BCUT2D eigenvalue weighted by molar-refractivity contribution is -0.140. The number of hydrogen-bond donors (Lipinski definition) is 1. The number of sulfone groups is 1. The number of methoxy groups -OCH3 is 1. The van der Waals surface area contributed by atoms with E-state index in [2.05, 4.69) is 18.7 Å². The second kappa shape index (κ2) is 12.8. The Kier molecular flexibility index (Phi) is 10.4. The Morgan fingerprint density at radius 3 is 2.24 bits per heavy atom. The standard InChI is InChI=1S/C26H37NO6S/c1-5-8-17-26(25(28)29,34(30,31)24-12-10-9-11-23(24)32-4)20-21-13-15-22(16-14-21)33-19-18-27(6-2)7-3/h9-16H,5-8,17-20H2,1-4H3,(H,28,29). The highest BCUT2D eigenvalue weighted by atomic mass is 32.2. The molecule has 7 nitrogen and oxygen atoms in total. The molecule has 2 aromatic carbocycles. The van der Waals surface area contributed by atoms with Crippen LogP contribution in [0.15, 0.2) is 53.4 Å². The highest BCUT2D eigenvalue weighted by Gasteiger charge is 2.52. The molecule has 1 unspecified atom stereocenters. The number of carboxylic acids is 1. The molecule has 1 N–H and O–H groups in total. The fourth-order valence-corrected chi connectivity index (χ4v) is 6.09. The lowest BCUT2D eigenvalue weighted by Crippen LogP contribution is -2.48. The Morgan fingerprint density at radius 2 is 1.68 bits per heavy atom. The zero-order chi connectivity index (χ0) is 25.2. The average Bonchev–Trinajstić information content (AvgIpc) is 2.85. The highest BCUT2D eigenvalue weighted by molar-refractivity contribution is 7.93. The molecule has 0 saturated heterocycles. The van der Waals surface area contributed by atoms with Crippen molar-refractivity contribution in [3.63, 3.8) is 0 Å². The Bertz CT molecular complexity index is 1020. The summed E-state index contributed by atoms with van der Waals surface area (Å²) in [6.07, 6.45) is 0.993. The number of aliphatic carboxylic acids is 1. The van der Waals surface area contributed by atoms with Crippen molar-refractivity contribution in [1.82, 2.24) is 4.90 Å². The summed E-state index contributed by atoms with van der Waals surface area (Å²) in [4.78, 5) is 14.8. The van der Waals surface area contributed by atoms with Gasteiger partial charge in [-0.1, -0.05) is 57.9 Å². The van der Waals surface area contributed by atoms with E-state index in [0.717, 1.165) is 19.6 Å². The van der Waals surface area contributed by atoms with Crippen molar-refractivity contribution in [1.29, 1.82) is 0 Å². The molecule has 0 bridgehead atoms. The molecule has 0 radical (unpaired) electrons. The highest BCUT2D eigenvalue weighted by Crippen LogP contribution is 2.38. The summed E-state index contributed by atoms with van der Waals surface area (Å²) in [6, 6.07) is 13.2. The number of hydrogen-bond acceptors (Lipinski definition) is 6. The van der Waals surface area contributed by atoms with E-state index < -0.39 is 20.6 Å². The molecule has 188 valence electrons. The molecule has 0 amide bonds. The van der Waals surface area contributed by atoms with Gasteiger partial charge in [-0.2, -0.15) is 0 Å². The summed E-state index contributed by atoms with van der Waals surface area (Å²) in [5.41, 5.74) is 0.619. The van der Waals surface area contributed by atoms with E-state index in [1.54, 1.807) is 36.4 Å². The van der Waals surface area contributed by atoms with Gasteiger partial charge in [0, 0.05) is 13.0 Å². The molecule has 0 aliphatic rings. The van der Waals surface area contributed by atoms with Crippen LogP contribution in [0.5, 0.6) is 11.5 Å². The van der Waals surface area contributed by atoms with Gasteiger partial charge in [-0.3, -0.25) is 4.79 Å². The van der Waals surface area contributed by atoms with Gasteiger partial charge >= 0.3 is 5.97 Å². The van der Waals surface area contributed by atoms with Crippen LogP contribution in [-0.4, -0.2) is 62.5 Å². The number of para-hydroxylation sites is 1. The van der Waals surface area contributed by atoms with E-state index >= 15 is 0 Å². The molecule has 2 rings (SSSR count). The van der Waals surface area contributed by atoms with Crippen LogP contribution in [-0.2, 0) is 21.1 Å². The minimum Gasteiger partial charge on any atom is -0.495 e. The first-order valence-corrected chi connectivity index (χ1v) is 13.3. The van der Waals surface area contributed by atoms with Crippen molar-refractivity contribution in [3.05, 3.63) is 54.1 Å². The number of unbranched alkanes of at least 4 members (excludes halogenated alkanes) is 1. The molecular formula is C26H37NO6S. The van der Waals surface area contributed by atoms with Gasteiger partial charge < -0.3 is 19.5 Å². The molecule has 0 fully saturated rings. The Labute approximate surface area is 203 Å². The number of benzene rings is 2. The second-order valence-electron chi connectivity index (χ2n) is 8.25. The lowest BCUT2D eigenvalue weighted by Gasteiger charge is -2.30. The van der Waals surface area contributed by atoms with Crippen LogP contribution in [0, 0.1) is 0 Å². The topological polar surface area (TPSA) is 93.1 Å². The third-order valence-electron chi connectivity index (χ3n) is 6.18. The fourth-order valence-electron chi connectivity index (χ4n) is 3.99. The van der Waals surface area contributed by atoms with Crippen LogP contribution in [0.3, 0.4) is 0 Å². The van der Waals surface area contributed by atoms with Crippen LogP contribution in [0.4, 0.5) is 0 Å². The number of likely N-dealkylation sites (N-methyl/N-ethyl adjacent to an activating group) is 1. The Hall–Kier alpha value is -2.58. The molecule has 0 spiro atoms. The van der Waals surface area contributed by atoms with Gasteiger partial charge in [-0.25, -0.2) is 8.42 Å². The maximum atomic E-state index is 13.8. The maximum Gasteiger partial charge on any atom is 0.325 e. The van der Waals surface area contributed by atoms with E-state index in [9.17, 15) is 18.3 Å². The zero-order valence-electron chi connectivity index (χ0n) is 20.6. The summed E-state index contributed by atoms with van der Waals surface area (Å²) < 4.78 is 36.7. The monoisotopic (exact) mass is 491 g/mol. The predicted octanol–water partition coefficient (Wildman–Crippen LogP) is 4.45. The quantitative estimate of drug-likeness (QED) is 0.393. The van der Waals surface area contributed by atoms with Gasteiger partial charge in [0.2, 0.25) is 0 Å². The van der Waals surface area contributed by atoms with Gasteiger partial charge in [0.1, 0.15) is 23.0 Å². The first kappa shape index (κ1) is 27.7.